The third kappa shape index (κ3) is 3.47. The zero-order valence-corrected chi connectivity index (χ0v) is 15.8. The van der Waals surface area contributed by atoms with E-state index in [2.05, 4.69) is 16.4 Å². The van der Waals surface area contributed by atoms with Crippen molar-refractivity contribution in [3.05, 3.63) is 33.6 Å². The zero-order valence-electron chi connectivity index (χ0n) is 15.0. The van der Waals surface area contributed by atoms with E-state index in [0.29, 0.717) is 5.92 Å². The SMILES string of the molecule is Cc1nc(C2CC2)nc2sc(C(=O)NCCC3=CCCCC3)c(C)c12. The smallest absolute Gasteiger partial charge is 0.261 e. The maximum atomic E-state index is 12.7. The molecule has 2 aromatic heterocycles. The number of carbonyl (C=O) groups is 1. The topological polar surface area (TPSA) is 54.9 Å². The Morgan fingerprint density at radius 1 is 1.28 bits per heavy atom. The van der Waals surface area contributed by atoms with E-state index in [1.807, 2.05) is 13.8 Å². The monoisotopic (exact) mass is 355 g/mol. The van der Waals surface area contributed by atoms with Gasteiger partial charge in [-0.25, -0.2) is 9.97 Å². The Bertz CT molecular complexity index is 848. The van der Waals surface area contributed by atoms with Crippen molar-refractivity contribution < 1.29 is 4.79 Å². The van der Waals surface area contributed by atoms with Gasteiger partial charge in [0, 0.05) is 17.8 Å². The van der Waals surface area contributed by atoms with Gasteiger partial charge in [-0.15, -0.1) is 11.3 Å². The molecule has 0 saturated heterocycles. The Hall–Kier alpha value is -1.75. The summed E-state index contributed by atoms with van der Waals surface area (Å²) in [5, 5.41) is 4.16. The fourth-order valence-electron chi connectivity index (χ4n) is 3.65. The minimum atomic E-state index is 0.0317. The number of amides is 1. The highest BCUT2D eigenvalue weighted by molar-refractivity contribution is 7.20. The molecule has 4 nitrogen and oxygen atoms in total. The lowest BCUT2D eigenvalue weighted by atomic mass is 9.97. The lowest BCUT2D eigenvalue weighted by molar-refractivity contribution is 0.0957. The Balaban J connectivity index is 1.50. The van der Waals surface area contributed by atoms with Gasteiger partial charge in [-0.3, -0.25) is 4.79 Å². The molecule has 0 spiro atoms. The fraction of sp³-hybridized carbons (Fsp3) is 0.550. The van der Waals surface area contributed by atoms with Crippen LogP contribution in [0, 0.1) is 13.8 Å². The molecule has 2 aliphatic rings. The number of allylic oxidation sites excluding steroid dienone is 1. The van der Waals surface area contributed by atoms with Gasteiger partial charge < -0.3 is 5.32 Å². The van der Waals surface area contributed by atoms with Crippen LogP contribution in [-0.4, -0.2) is 22.4 Å². The highest BCUT2D eigenvalue weighted by atomic mass is 32.1. The second kappa shape index (κ2) is 6.87. The molecule has 1 N–H and O–H groups in total. The molecule has 0 atom stereocenters. The molecule has 0 aromatic carbocycles. The van der Waals surface area contributed by atoms with Gasteiger partial charge in [0.15, 0.2) is 0 Å². The van der Waals surface area contributed by atoms with E-state index in [-0.39, 0.29) is 5.91 Å². The van der Waals surface area contributed by atoms with E-state index in [0.717, 1.165) is 45.1 Å². The second-order valence-corrected chi connectivity index (χ2v) is 8.29. The average molecular weight is 356 g/mol. The highest BCUT2D eigenvalue weighted by Gasteiger charge is 2.28. The van der Waals surface area contributed by atoms with Crippen LogP contribution in [0.5, 0.6) is 0 Å². The third-order valence-electron chi connectivity index (χ3n) is 5.25. The highest BCUT2D eigenvalue weighted by Crippen LogP contribution is 2.40. The van der Waals surface area contributed by atoms with Crippen molar-refractivity contribution in [3.8, 4) is 0 Å². The van der Waals surface area contributed by atoms with Crippen LogP contribution in [0.3, 0.4) is 0 Å². The number of fused-ring (bicyclic) bond motifs is 1. The number of hydrogen-bond acceptors (Lipinski definition) is 4. The second-order valence-electron chi connectivity index (χ2n) is 7.29. The molecule has 2 aromatic rings. The van der Waals surface area contributed by atoms with Crippen LogP contribution in [0.4, 0.5) is 0 Å². The van der Waals surface area contributed by atoms with Crippen molar-refractivity contribution in [2.45, 2.75) is 64.7 Å². The van der Waals surface area contributed by atoms with Gasteiger partial charge in [-0.05, 0) is 64.4 Å². The predicted octanol–water partition coefficient (Wildman–Crippen LogP) is 4.81. The number of thiophene rings is 1. The summed E-state index contributed by atoms with van der Waals surface area (Å²) < 4.78 is 0. The lowest BCUT2D eigenvalue weighted by Crippen LogP contribution is -2.24. The molecular weight excluding hydrogens is 330 g/mol. The summed E-state index contributed by atoms with van der Waals surface area (Å²) in [6.07, 6.45) is 10.7. The summed E-state index contributed by atoms with van der Waals surface area (Å²) in [7, 11) is 0. The molecule has 4 rings (SSSR count). The Kier molecular flexibility index (Phi) is 4.59. The first-order valence-electron chi connectivity index (χ1n) is 9.37. The first-order valence-corrected chi connectivity index (χ1v) is 10.2. The summed E-state index contributed by atoms with van der Waals surface area (Å²) in [6, 6.07) is 0. The van der Waals surface area contributed by atoms with Crippen LogP contribution in [0.15, 0.2) is 11.6 Å². The lowest BCUT2D eigenvalue weighted by Gasteiger charge is -2.12. The Labute approximate surface area is 152 Å². The molecule has 2 heterocycles. The van der Waals surface area contributed by atoms with E-state index in [1.165, 1.54) is 55.4 Å². The van der Waals surface area contributed by atoms with Gasteiger partial charge in [-0.2, -0.15) is 0 Å². The zero-order chi connectivity index (χ0) is 17.4. The Morgan fingerprint density at radius 2 is 2.12 bits per heavy atom. The van der Waals surface area contributed by atoms with Crippen LogP contribution < -0.4 is 5.32 Å². The molecule has 5 heteroatoms. The Morgan fingerprint density at radius 3 is 2.84 bits per heavy atom. The van der Waals surface area contributed by atoms with Gasteiger partial charge in [0.1, 0.15) is 10.7 Å². The van der Waals surface area contributed by atoms with Crippen molar-refractivity contribution in [1.82, 2.24) is 15.3 Å². The number of aryl methyl sites for hydroxylation is 2. The van der Waals surface area contributed by atoms with E-state index in [9.17, 15) is 4.79 Å². The van der Waals surface area contributed by atoms with Gasteiger partial charge in [0.25, 0.3) is 5.91 Å². The standard InChI is InChI=1S/C20H25N3OS/c1-12-16-13(2)22-18(15-8-9-15)23-20(16)25-17(12)19(24)21-11-10-14-6-4-3-5-7-14/h6,15H,3-5,7-11H2,1-2H3,(H,21,24). The predicted molar refractivity (Wildman–Crippen MR) is 102 cm³/mol. The summed E-state index contributed by atoms with van der Waals surface area (Å²) >= 11 is 1.51. The molecule has 132 valence electrons. The van der Waals surface area contributed by atoms with Gasteiger partial charge in [0.05, 0.1) is 10.6 Å². The van der Waals surface area contributed by atoms with Crippen LogP contribution in [0.25, 0.3) is 10.2 Å². The van der Waals surface area contributed by atoms with Crippen molar-refractivity contribution >= 4 is 27.5 Å². The van der Waals surface area contributed by atoms with Gasteiger partial charge in [0.2, 0.25) is 0 Å². The minimum Gasteiger partial charge on any atom is -0.351 e. The minimum absolute atomic E-state index is 0.0317. The van der Waals surface area contributed by atoms with Gasteiger partial charge in [-0.1, -0.05) is 11.6 Å². The normalized spacial score (nSPS) is 17.6. The maximum absolute atomic E-state index is 12.7. The third-order valence-corrected chi connectivity index (χ3v) is 6.44. The number of hydrogen-bond donors (Lipinski definition) is 1. The molecule has 0 radical (unpaired) electrons. The largest absolute Gasteiger partial charge is 0.351 e. The van der Waals surface area contributed by atoms with Crippen molar-refractivity contribution in [2.75, 3.05) is 6.54 Å². The van der Waals surface area contributed by atoms with Crippen molar-refractivity contribution in [2.24, 2.45) is 0 Å². The molecule has 1 fully saturated rings. The van der Waals surface area contributed by atoms with E-state index in [1.54, 1.807) is 0 Å². The number of rotatable bonds is 5. The molecule has 1 amide bonds. The summed E-state index contributed by atoms with van der Waals surface area (Å²) in [5.41, 5.74) is 3.52. The van der Waals surface area contributed by atoms with E-state index >= 15 is 0 Å². The first kappa shape index (κ1) is 16.7. The van der Waals surface area contributed by atoms with Crippen LogP contribution in [-0.2, 0) is 0 Å². The van der Waals surface area contributed by atoms with Crippen molar-refractivity contribution in [1.29, 1.82) is 0 Å². The summed E-state index contributed by atoms with van der Waals surface area (Å²) in [4.78, 5) is 23.8. The number of aromatic nitrogens is 2. The van der Waals surface area contributed by atoms with Gasteiger partial charge >= 0.3 is 0 Å². The number of carbonyl (C=O) groups excluding carboxylic acids is 1. The van der Waals surface area contributed by atoms with Crippen molar-refractivity contribution in [3.63, 3.8) is 0 Å². The molecule has 0 unspecified atom stereocenters. The molecule has 0 aliphatic heterocycles. The first-order chi connectivity index (χ1) is 12.1. The molecule has 0 bridgehead atoms. The summed E-state index contributed by atoms with van der Waals surface area (Å²) in [5.74, 6) is 1.53. The van der Waals surface area contributed by atoms with Crippen LogP contribution in [0.1, 0.15) is 77.6 Å². The number of nitrogens with zero attached hydrogens (tertiary/aromatic N) is 2. The molecule has 25 heavy (non-hydrogen) atoms. The molecule has 2 aliphatic carbocycles. The number of nitrogens with one attached hydrogen (secondary N) is 1. The van der Waals surface area contributed by atoms with E-state index in [4.69, 9.17) is 4.98 Å². The average Bonchev–Trinajstić information content (AvgIpc) is 3.40. The molecular formula is C20H25N3OS. The summed E-state index contributed by atoms with van der Waals surface area (Å²) in [6.45, 7) is 4.77. The van der Waals surface area contributed by atoms with E-state index < -0.39 is 0 Å². The van der Waals surface area contributed by atoms with Crippen LogP contribution >= 0.6 is 11.3 Å². The maximum Gasteiger partial charge on any atom is 0.261 e. The quantitative estimate of drug-likeness (QED) is 0.783. The fourth-order valence-corrected chi connectivity index (χ4v) is 4.80. The molecule has 1 saturated carbocycles. The van der Waals surface area contributed by atoms with Crippen LogP contribution in [0.2, 0.25) is 0 Å².